The number of pyridine rings is 1. The van der Waals surface area contributed by atoms with E-state index in [0.717, 1.165) is 5.56 Å². The SMILES string of the molecule is CC(C)c1ccccc1NP(C)(=O)/N=C(/c1cc(Cl)c(-c2ccccc2F)nc1Cl)N1CCN(C(=O)O)C[C@@H]1C. The van der Waals surface area contributed by atoms with E-state index in [1.807, 2.05) is 49.9 Å². The molecule has 0 aliphatic carbocycles. The minimum atomic E-state index is -3.47. The smallest absolute Gasteiger partial charge is 0.407 e. The maximum Gasteiger partial charge on any atom is 0.407 e. The second kappa shape index (κ2) is 12.2. The zero-order valence-electron chi connectivity index (χ0n) is 22.6. The van der Waals surface area contributed by atoms with Crippen LogP contribution in [0.4, 0.5) is 14.9 Å². The average Bonchev–Trinajstić information content (AvgIpc) is 2.89. The number of carboxylic acid groups (broad SMARTS) is 1. The van der Waals surface area contributed by atoms with Gasteiger partial charge in [-0.1, -0.05) is 67.4 Å². The van der Waals surface area contributed by atoms with E-state index in [-0.39, 0.29) is 58.9 Å². The molecule has 1 aromatic heterocycles. The van der Waals surface area contributed by atoms with Crippen LogP contribution in [0.15, 0.2) is 59.4 Å². The summed E-state index contributed by atoms with van der Waals surface area (Å²) in [6, 6.07) is 14.9. The lowest BCUT2D eigenvalue weighted by Gasteiger charge is -2.40. The van der Waals surface area contributed by atoms with Gasteiger partial charge in [-0.05, 0) is 42.7 Å². The summed E-state index contributed by atoms with van der Waals surface area (Å²) >= 11 is 13.3. The number of para-hydroxylation sites is 1. The Morgan fingerprint density at radius 2 is 1.85 bits per heavy atom. The number of amidine groups is 1. The number of halogens is 3. The van der Waals surface area contributed by atoms with E-state index in [0.29, 0.717) is 11.3 Å². The summed E-state index contributed by atoms with van der Waals surface area (Å²) in [4.78, 5) is 19.2. The number of rotatable bonds is 6. The molecule has 2 atom stereocenters. The van der Waals surface area contributed by atoms with Crippen LogP contribution in [0.1, 0.15) is 37.8 Å². The number of piperazine rings is 1. The number of aromatic nitrogens is 1. The largest absolute Gasteiger partial charge is 0.465 e. The number of hydrogen-bond donors (Lipinski definition) is 2. The van der Waals surface area contributed by atoms with Gasteiger partial charge in [0, 0.05) is 43.6 Å². The van der Waals surface area contributed by atoms with E-state index < -0.39 is 19.4 Å². The summed E-state index contributed by atoms with van der Waals surface area (Å²) in [6.07, 6.45) is -1.02. The van der Waals surface area contributed by atoms with Crippen LogP contribution in [0, 0.1) is 5.82 Å². The number of carbonyl (C=O) groups is 1. The van der Waals surface area contributed by atoms with Gasteiger partial charge in [-0.15, -0.1) is 0 Å². The molecule has 1 aliphatic heterocycles. The molecule has 0 radical (unpaired) electrons. The van der Waals surface area contributed by atoms with Crippen molar-refractivity contribution in [3.63, 3.8) is 0 Å². The molecule has 12 heteroatoms. The van der Waals surface area contributed by atoms with Crippen molar-refractivity contribution >= 4 is 48.3 Å². The second-order valence-corrected chi connectivity index (χ2v) is 13.0. The first-order valence-corrected chi connectivity index (χ1v) is 15.6. The molecular formula is C28H31Cl2FN5O3P. The van der Waals surface area contributed by atoms with E-state index in [4.69, 9.17) is 28.0 Å². The Morgan fingerprint density at radius 1 is 1.18 bits per heavy atom. The van der Waals surface area contributed by atoms with Gasteiger partial charge in [0.25, 0.3) is 7.44 Å². The number of nitrogens with zero attached hydrogens (tertiary/aromatic N) is 4. The van der Waals surface area contributed by atoms with Crippen molar-refractivity contribution in [1.29, 1.82) is 0 Å². The Morgan fingerprint density at radius 3 is 2.50 bits per heavy atom. The second-order valence-electron chi connectivity index (χ2n) is 10.1. The summed E-state index contributed by atoms with van der Waals surface area (Å²) in [5.41, 5.74) is 2.36. The molecule has 2 aromatic carbocycles. The van der Waals surface area contributed by atoms with Crippen LogP contribution in [0.2, 0.25) is 10.2 Å². The van der Waals surface area contributed by atoms with Crippen LogP contribution >= 0.6 is 30.6 Å². The molecular weight excluding hydrogens is 575 g/mol. The number of nitrogens with one attached hydrogen (secondary N) is 1. The first kappa shape index (κ1) is 29.8. The van der Waals surface area contributed by atoms with Gasteiger partial charge in [0.1, 0.15) is 16.8 Å². The van der Waals surface area contributed by atoms with E-state index in [1.165, 1.54) is 23.7 Å². The third-order valence-corrected chi connectivity index (χ3v) is 8.47. The Labute approximate surface area is 243 Å². The molecule has 8 nitrogen and oxygen atoms in total. The molecule has 212 valence electrons. The minimum absolute atomic E-state index is 0.00292. The molecule has 4 rings (SSSR count). The van der Waals surface area contributed by atoms with Gasteiger partial charge >= 0.3 is 6.09 Å². The van der Waals surface area contributed by atoms with E-state index in [1.54, 1.807) is 18.2 Å². The first-order chi connectivity index (χ1) is 18.9. The van der Waals surface area contributed by atoms with Crippen molar-refractivity contribution in [3.05, 3.63) is 81.7 Å². The predicted molar refractivity (Wildman–Crippen MR) is 160 cm³/mol. The van der Waals surface area contributed by atoms with Crippen molar-refractivity contribution in [3.8, 4) is 11.3 Å². The molecule has 0 bridgehead atoms. The highest BCUT2D eigenvalue weighted by Crippen LogP contribution is 2.46. The van der Waals surface area contributed by atoms with Gasteiger partial charge in [0.15, 0.2) is 0 Å². The summed E-state index contributed by atoms with van der Waals surface area (Å²) in [6.45, 7) is 8.15. The fourth-order valence-corrected chi connectivity index (χ4v) is 6.47. The summed E-state index contributed by atoms with van der Waals surface area (Å²) < 4.78 is 33.3. The third kappa shape index (κ3) is 6.60. The first-order valence-electron chi connectivity index (χ1n) is 12.8. The molecule has 0 saturated carbocycles. The minimum Gasteiger partial charge on any atom is -0.465 e. The fraction of sp³-hybridized carbons (Fsp3) is 0.321. The molecule has 1 unspecified atom stereocenters. The molecule has 1 amide bonds. The lowest BCUT2D eigenvalue weighted by Crippen LogP contribution is -2.55. The Kier molecular flexibility index (Phi) is 9.08. The van der Waals surface area contributed by atoms with Gasteiger partial charge < -0.3 is 20.0 Å². The summed E-state index contributed by atoms with van der Waals surface area (Å²) in [5.74, 6) is -0.0591. The Balaban J connectivity index is 1.82. The number of benzene rings is 2. The fourth-order valence-electron chi connectivity index (χ4n) is 4.71. The van der Waals surface area contributed by atoms with Crippen LogP contribution in [0.3, 0.4) is 0 Å². The van der Waals surface area contributed by atoms with E-state index in [2.05, 4.69) is 10.1 Å². The van der Waals surface area contributed by atoms with Crippen molar-refractivity contribution in [2.24, 2.45) is 4.76 Å². The highest BCUT2D eigenvalue weighted by molar-refractivity contribution is 7.63. The summed E-state index contributed by atoms with van der Waals surface area (Å²) in [5, 5.41) is 12.8. The van der Waals surface area contributed by atoms with Crippen molar-refractivity contribution < 1.29 is 18.9 Å². The molecule has 0 spiro atoms. The van der Waals surface area contributed by atoms with Gasteiger partial charge in [-0.3, -0.25) is 4.57 Å². The van der Waals surface area contributed by atoms with Gasteiger partial charge in [-0.25, -0.2) is 14.2 Å². The molecule has 2 heterocycles. The number of anilines is 1. The normalized spacial score (nSPS) is 17.6. The lowest BCUT2D eigenvalue weighted by molar-refractivity contribution is 0.106. The number of amides is 1. The predicted octanol–water partition coefficient (Wildman–Crippen LogP) is 7.68. The van der Waals surface area contributed by atoms with E-state index in [9.17, 15) is 18.9 Å². The Bertz CT molecular complexity index is 1500. The molecule has 1 saturated heterocycles. The van der Waals surface area contributed by atoms with Crippen LogP contribution in [0.25, 0.3) is 11.3 Å². The van der Waals surface area contributed by atoms with Crippen LogP contribution in [-0.2, 0) is 4.57 Å². The topological polar surface area (TPSA) is 98.1 Å². The lowest BCUT2D eigenvalue weighted by atomic mass is 10.0. The van der Waals surface area contributed by atoms with Crippen LogP contribution < -0.4 is 5.09 Å². The monoisotopic (exact) mass is 605 g/mol. The van der Waals surface area contributed by atoms with E-state index >= 15 is 0 Å². The molecule has 2 N–H and O–H groups in total. The maximum atomic E-state index is 14.5. The van der Waals surface area contributed by atoms with Crippen molar-refractivity contribution in [1.82, 2.24) is 14.8 Å². The Hall–Kier alpha value is -3.13. The van der Waals surface area contributed by atoms with Crippen LogP contribution in [-0.4, -0.2) is 64.2 Å². The molecule has 40 heavy (non-hydrogen) atoms. The maximum absolute atomic E-state index is 14.5. The van der Waals surface area contributed by atoms with Gasteiger partial charge in [0.2, 0.25) is 0 Å². The van der Waals surface area contributed by atoms with Crippen molar-refractivity contribution in [2.45, 2.75) is 32.7 Å². The van der Waals surface area contributed by atoms with Crippen molar-refractivity contribution in [2.75, 3.05) is 31.4 Å². The molecule has 1 aliphatic rings. The summed E-state index contributed by atoms with van der Waals surface area (Å²) in [7, 11) is -3.47. The molecule has 1 fully saturated rings. The average molecular weight is 606 g/mol. The van der Waals surface area contributed by atoms with Gasteiger partial charge in [0.05, 0.1) is 16.3 Å². The zero-order valence-corrected chi connectivity index (χ0v) is 25.0. The molecule has 3 aromatic rings. The standard InChI is InChI=1S/C28H31Cl2FN5O3P/c1-17(2)19-9-6-8-12-24(19)33-40(4,39)34-27(36-14-13-35(28(37)38)16-18(36)3)21-15-22(29)25(32-26(21)30)20-10-5-7-11-23(20)31/h5-12,15,17-18H,13-14,16H2,1-4H3,(H,33,39)(H,37,38)/b34-27-/t18-,40?/m0/s1. The van der Waals surface area contributed by atoms with Crippen LogP contribution in [0.5, 0.6) is 0 Å². The highest BCUT2D eigenvalue weighted by Gasteiger charge is 2.32. The quantitative estimate of drug-likeness (QED) is 0.129. The zero-order chi connectivity index (χ0) is 29.2. The third-order valence-electron chi connectivity index (χ3n) is 6.67. The highest BCUT2D eigenvalue weighted by atomic mass is 35.5. The number of hydrogen-bond acceptors (Lipinski definition) is 3. The van der Waals surface area contributed by atoms with Gasteiger partial charge in [-0.2, -0.15) is 4.76 Å².